The second kappa shape index (κ2) is 10.2. The molecule has 5 heteroatoms. The van der Waals surface area contributed by atoms with Crippen LogP contribution in [0.1, 0.15) is 65.5 Å². The predicted molar refractivity (Wildman–Crippen MR) is 148 cm³/mol. The van der Waals surface area contributed by atoms with E-state index in [9.17, 15) is 4.79 Å². The van der Waals surface area contributed by atoms with E-state index in [1.807, 2.05) is 65.3 Å². The van der Waals surface area contributed by atoms with Crippen molar-refractivity contribution < 1.29 is 9.53 Å². The first-order chi connectivity index (χ1) is 17.1. The van der Waals surface area contributed by atoms with Crippen LogP contribution < -0.4 is 10.1 Å². The van der Waals surface area contributed by atoms with E-state index in [2.05, 4.69) is 64.0 Å². The highest BCUT2D eigenvalue weighted by Gasteiger charge is 2.27. The molecule has 4 rings (SSSR count). The number of carbonyl (C=O) groups is 1. The summed E-state index contributed by atoms with van der Waals surface area (Å²) in [7, 11) is 0. The number of nitrogens with zero attached hydrogens (tertiary/aromatic N) is 2. The molecule has 0 saturated carbocycles. The maximum atomic E-state index is 12.8. The number of benzene rings is 2. The van der Waals surface area contributed by atoms with Crippen molar-refractivity contribution >= 4 is 17.2 Å². The number of nitrogens with one attached hydrogen (secondary N) is 1. The number of ether oxygens (including phenoxy) is 1. The smallest absolute Gasteiger partial charge is 0.262 e. The van der Waals surface area contributed by atoms with Crippen LogP contribution in [0.4, 0.5) is 5.69 Å². The van der Waals surface area contributed by atoms with E-state index in [-0.39, 0.29) is 23.3 Å². The highest BCUT2D eigenvalue weighted by Crippen LogP contribution is 2.38. The van der Waals surface area contributed by atoms with Crippen molar-refractivity contribution in [1.82, 2.24) is 9.38 Å². The van der Waals surface area contributed by atoms with Gasteiger partial charge >= 0.3 is 0 Å². The fraction of sp³-hybridized carbons (Fsp3) is 0.355. The first-order valence-electron chi connectivity index (χ1n) is 12.7. The number of hydrogen-bond donors (Lipinski definition) is 1. The quantitative estimate of drug-likeness (QED) is 0.270. The van der Waals surface area contributed by atoms with Gasteiger partial charge < -0.3 is 14.5 Å². The lowest BCUT2D eigenvalue weighted by atomic mass is 9.76. The normalized spacial score (nSPS) is 12.1. The summed E-state index contributed by atoms with van der Waals surface area (Å²) in [4.78, 5) is 17.5. The van der Waals surface area contributed by atoms with Crippen LogP contribution in [-0.4, -0.2) is 21.9 Å². The summed E-state index contributed by atoms with van der Waals surface area (Å²) in [5.41, 5.74) is 5.86. The van der Waals surface area contributed by atoms with E-state index in [4.69, 9.17) is 4.74 Å². The molecular formula is C31H37N3O2. The molecule has 0 atom stereocenters. The number of fused-ring (bicyclic) bond motifs is 1. The van der Waals surface area contributed by atoms with Gasteiger partial charge in [-0.05, 0) is 59.6 Å². The average Bonchev–Trinajstić information content (AvgIpc) is 3.32. The first-order valence-corrected chi connectivity index (χ1v) is 12.7. The number of imidazole rings is 1. The highest BCUT2D eigenvalue weighted by molar-refractivity contribution is 5.92. The summed E-state index contributed by atoms with van der Waals surface area (Å²) < 4.78 is 8.07. The fourth-order valence-corrected chi connectivity index (χ4v) is 4.17. The Morgan fingerprint density at radius 2 is 1.72 bits per heavy atom. The minimum Gasteiger partial charge on any atom is -0.483 e. The molecule has 0 fully saturated rings. The van der Waals surface area contributed by atoms with Crippen molar-refractivity contribution in [2.45, 2.75) is 65.2 Å². The third-order valence-corrected chi connectivity index (χ3v) is 7.42. The highest BCUT2D eigenvalue weighted by atomic mass is 16.5. The standard InChI is InChI=1S/C31H37N3O2/c1-7-30(3,4)23-15-16-27(25(19-23)31(5,6)8-2)36-21-29(35)32-24-13-11-12-22(18-24)26-20-34-17-10-9-14-28(34)33-26/h9-20H,7-8,21H2,1-6H3,(H,32,35). The van der Waals surface area contributed by atoms with Gasteiger partial charge in [0.2, 0.25) is 0 Å². The zero-order chi connectivity index (χ0) is 25.9. The van der Waals surface area contributed by atoms with Gasteiger partial charge in [-0.2, -0.15) is 0 Å². The Labute approximate surface area is 214 Å². The molecule has 1 amide bonds. The summed E-state index contributed by atoms with van der Waals surface area (Å²) in [5, 5.41) is 2.97. The first kappa shape index (κ1) is 25.5. The Bertz CT molecular complexity index is 1330. The number of aromatic nitrogens is 2. The summed E-state index contributed by atoms with van der Waals surface area (Å²) >= 11 is 0. The number of anilines is 1. The Morgan fingerprint density at radius 1 is 0.944 bits per heavy atom. The van der Waals surface area contributed by atoms with Gasteiger partial charge in [0, 0.05) is 29.2 Å². The van der Waals surface area contributed by atoms with Crippen molar-refractivity contribution in [3.05, 3.63) is 84.2 Å². The van der Waals surface area contributed by atoms with Gasteiger partial charge in [-0.3, -0.25) is 4.79 Å². The van der Waals surface area contributed by atoms with Crippen molar-refractivity contribution in [1.29, 1.82) is 0 Å². The van der Waals surface area contributed by atoms with Crippen molar-refractivity contribution in [2.24, 2.45) is 0 Å². The molecule has 1 N–H and O–H groups in total. The average molecular weight is 484 g/mol. The molecule has 0 aliphatic carbocycles. The minimum absolute atomic E-state index is 0.0537. The van der Waals surface area contributed by atoms with Crippen LogP contribution in [0, 0.1) is 0 Å². The second-order valence-corrected chi connectivity index (χ2v) is 10.7. The van der Waals surface area contributed by atoms with Gasteiger partial charge in [0.25, 0.3) is 5.91 Å². The third-order valence-electron chi connectivity index (χ3n) is 7.42. The topological polar surface area (TPSA) is 55.6 Å². The fourth-order valence-electron chi connectivity index (χ4n) is 4.17. The largest absolute Gasteiger partial charge is 0.483 e. The van der Waals surface area contributed by atoms with E-state index >= 15 is 0 Å². The lowest BCUT2D eigenvalue weighted by Gasteiger charge is -2.30. The van der Waals surface area contributed by atoms with Crippen LogP contribution in [0.3, 0.4) is 0 Å². The van der Waals surface area contributed by atoms with Gasteiger partial charge in [0.1, 0.15) is 11.4 Å². The number of hydrogen-bond acceptors (Lipinski definition) is 3. The summed E-state index contributed by atoms with van der Waals surface area (Å²) in [5.74, 6) is 0.575. The molecule has 0 unspecified atom stereocenters. The summed E-state index contributed by atoms with van der Waals surface area (Å²) in [6.07, 6.45) is 5.98. The molecule has 36 heavy (non-hydrogen) atoms. The van der Waals surface area contributed by atoms with E-state index < -0.39 is 0 Å². The molecule has 0 aliphatic rings. The van der Waals surface area contributed by atoms with E-state index in [0.717, 1.165) is 41.1 Å². The van der Waals surface area contributed by atoms with Crippen LogP contribution in [0.15, 0.2) is 73.1 Å². The van der Waals surface area contributed by atoms with Gasteiger partial charge in [-0.25, -0.2) is 4.98 Å². The summed E-state index contributed by atoms with van der Waals surface area (Å²) in [6.45, 7) is 13.3. The van der Waals surface area contributed by atoms with E-state index in [1.54, 1.807) is 0 Å². The number of rotatable bonds is 9. The molecule has 0 bridgehead atoms. The molecule has 188 valence electrons. The van der Waals surface area contributed by atoms with Gasteiger partial charge in [-0.15, -0.1) is 0 Å². The van der Waals surface area contributed by atoms with E-state index in [1.165, 1.54) is 5.56 Å². The molecule has 2 aromatic heterocycles. The van der Waals surface area contributed by atoms with Crippen LogP contribution in [0.5, 0.6) is 5.75 Å². The van der Waals surface area contributed by atoms with E-state index in [0.29, 0.717) is 5.69 Å². The molecule has 2 aromatic carbocycles. The maximum Gasteiger partial charge on any atom is 0.262 e. The number of carbonyl (C=O) groups excluding carboxylic acids is 1. The van der Waals surface area contributed by atoms with Crippen LogP contribution >= 0.6 is 0 Å². The van der Waals surface area contributed by atoms with Gasteiger partial charge in [0.15, 0.2) is 6.61 Å². The number of amides is 1. The summed E-state index contributed by atoms with van der Waals surface area (Å²) in [6, 6.07) is 20.1. The lowest BCUT2D eigenvalue weighted by molar-refractivity contribution is -0.118. The zero-order valence-electron chi connectivity index (χ0n) is 22.3. The SMILES string of the molecule is CCC(C)(C)c1ccc(OCC(=O)Nc2cccc(-c3cn4ccccc4n3)c2)c(C(C)(C)CC)c1. The van der Waals surface area contributed by atoms with Crippen molar-refractivity contribution in [3.8, 4) is 17.0 Å². The Morgan fingerprint density at radius 3 is 2.44 bits per heavy atom. The second-order valence-electron chi connectivity index (χ2n) is 10.7. The van der Waals surface area contributed by atoms with Gasteiger partial charge in [0.05, 0.1) is 5.69 Å². The molecule has 4 aromatic rings. The zero-order valence-corrected chi connectivity index (χ0v) is 22.3. The lowest BCUT2D eigenvalue weighted by Crippen LogP contribution is -2.24. The molecule has 2 heterocycles. The molecular weight excluding hydrogens is 446 g/mol. The number of pyridine rings is 1. The Kier molecular flexibility index (Phi) is 7.21. The maximum absolute atomic E-state index is 12.8. The minimum atomic E-state index is -0.194. The van der Waals surface area contributed by atoms with Crippen LogP contribution in [0.25, 0.3) is 16.9 Å². The predicted octanol–water partition coefficient (Wildman–Crippen LogP) is 7.39. The van der Waals surface area contributed by atoms with Crippen LogP contribution in [0.2, 0.25) is 0 Å². The molecule has 5 nitrogen and oxygen atoms in total. The monoisotopic (exact) mass is 483 g/mol. The van der Waals surface area contributed by atoms with Gasteiger partial charge in [-0.1, -0.05) is 71.9 Å². The third kappa shape index (κ3) is 5.46. The molecule has 0 aliphatic heterocycles. The molecule has 0 saturated heterocycles. The Balaban J connectivity index is 1.49. The molecule has 0 radical (unpaired) electrons. The van der Waals surface area contributed by atoms with Crippen molar-refractivity contribution in [3.63, 3.8) is 0 Å². The van der Waals surface area contributed by atoms with Crippen molar-refractivity contribution in [2.75, 3.05) is 11.9 Å². The van der Waals surface area contributed by atoms with Crippen LogP contribution in [-0.2, 0) is 15.6 Å². The molecule has 0 spiro atoms. The Hall–Kier alpha value is -3.60.